The van der Waals surface area contributed by atoms with Crippen LogP contribution in [-0.2, 0) is 16.1 Å². The summed E-state index contributed by atoms with van der Waals surface area (Å²) < 4.78 is 10.2. The van der Waals surface area contributed by atoms with E-state index in [0.717, 1.165) is 0 Å². The van der Waals surface area contributed by atoms with Gasteiger partial charge < -0.3 is 19.9 Å². The summed E-state index contributed by atoms with van der Waals surface area (Å²) in [4.78, 5) is 17.8. The highest BCUT2D eigenvalue weighted by molar-refractivity contribution is 5.81. The number of likely N-dealkylation sites (N-methyl/N-ethyl adjacent to an activating group) is 1. The van der Waals surface area contributed by atoms with E-state index in [1.807, 2.05) is 20.8 Å². The number of rotatable bonds is 7. The minimum atomic E-state index is -0.500. The Morgan fingerprint density at radius 3 is 2.65 bits per heavy atom. The Bertz CT molecular complexity index is 433. The lowest BCUT2D eigenvalue weighted by molar-refractivity contribution is -0.132. The Labute approximate surface area is 119 Å². The van der Waals surface area contributed by atoms with Crippen LogP contribution in [-0.4, -0.2) is 41.1 Å². The zero-order valence-corrected chi connectivity index (χ0v) is 12.8. The topological polar surface area (TPSA) is 94.5 Å². The van der Waals surface area contributed by atoms with Crippen LogP contribution in [0.5, 0.6) is 0 Å². The standard InChI is InChI=1S/C13H24N4O3/c1-8(2)6-10(14)13(18)17(4)7-11-15-12(16-20-11)9(3)19-5/h8-10H,6-7,14H2,1-5H3/t9?,10-/m0/s1. The van der Waals surface area contributed by atoms with Crippen LogP contribution in [0.2, 0.25) is 0 Å². The van der Waals surface area contributed by atoms with Crippen LogP contribution < -0.4 is 5.73 Å². The van der Waals surface area contributed by atoms with Crippen molar-refractivity contribution in [3.05, 3.63) is 11.7 Å². The molecule has 0 aromatic carbocycles. The predicted molar refractivity (Wildman–Crippen MR) is 73.6 cm³/mol. The fourth-order valence-electron chi connectivity index (χ4n) is 1.78. The van der Waals surface area contributed by atoms with Crippen LogP contribution in [0.25, 0.3) is 0 Å². The van der Waals surface area contributed by atoms with Crippen LogP contribution >= 0.6 is 0 Å². The molecule has 0 bridgehead atoms. The van der Waals surface area contributed by atoms with Gasteiger partial charge in [-0.05, 0) is 19.3 Å². The number of carbonyl (C=O) groups is 1. The maximum absolute atomic E-state index is 12.1. The number of amides is 1. The summed E-state index contributed by atoms with van der Waals surface area (Å²) in [6.45, 7) is 6.13. The number of aromatic nitrogens is 2. The number of hydrogen-bond acceptors (Lipinski definition) is 6. The van der Waals surface area contributed by atoms with Gasteiger partial charge in [0.15, 0.2) is 5.82 Å². The molecule has 1 rings (SSSR count). The van der Waals surface area contributed by atoms with Gasteiger partial charge in [0.1, 0.15) is 6.10 Å². The number of hydrogen-bond donors (Lipinski definition) is 1. The Kier molecular flexibility index (Phi) is 6.09. The average Bonchev–Trinajstić information content (AvgIpc) is 2.84. The highest BCUT2D eigenvalue weighted by Crippen LogP contribution is 2.13. The number of nitrogens with zero attached hydrogens (tertiary/aromatic N) is 3. The Balaban J connectivity index is 2.59. The molecule has 2 N–H and O–H groups in total. The van der Waals surface area contributed by atoms with E-state index in [0.29, 0.717) is 24.1 Å². The molecule has 2 atom stereocenters. The molecule has 0 radical (unpaired) electrons. The second-order valence-electron chi connectivity index (χ2n) is 5.35. The predicted octanol–water partition coefficient (Wildman–Crippen LogP) is 1.11. The molecule has 1 amide bonds. The van der Waals surface area contributed by atoms with Crippen molar-refractivity contribution in [1.29, 1.82) is 0 Å². The minimum Gasteiger partial charge on any atom is -0.374 e. The van der Waals surface area contributed by atoms with Crippen LogP contribution in [0.1, 0.15) is 45.0 Å². The van der Waals surface area contributed by atoms with Gasteiger partial charge in [-0.15, -0.1) is 0 Å². The second-order valence-corrected chi connectivity index (χ2v) is 5.35. The van der Waals surface area contributed by atoms with E-state index in [2.05, 4.69) is 10.1 Å². The van der Waals surface area contributed by atoms with Crippen LogP contribution in [0, 0.1) is 5.92 Å². The molecule has 0 aliphatic carbocycles. The van der Waals surface area contributed by atoms with Crippen LogP contribution in [0.3, 0.4) is 0 Å². The minimum absolute atomic E-state index is 0.127. The van der Waals surface area contributed by atoms with Crippen molar-refractivity contribution in [2.45, 2.75) is 45.9 Å². The SMILES string of the molecule is COC(C)c1noc(CN(C)C(=O)[C@@H](N)CC(C)C)n1. The Hall–Kier alpha value is -1.47. The molecule has 7 nitrogen and oxygen atoms in total. The lowest BCUT2D eigenvalue weighted by Crippen LogP contribution is -2.42. The third-order valence-corrected chi connectivity index (χ3v) is 2.99. The largest absolute Gasteiger partial charge is 0.374 e. The molecule has 0 aliphatic rings. The maximum Gasteiger partial charge on any atom is 0.246 e. The molecule has 20 heavy (non-hydrogen) atoms. The van der Waals surface area contributed by atoms with E-state index < -0.39 is 6.04 Å². The molecular formula is C13H24N4O3. The van der Waals surface area contributed by atoms with Crippen molar-refractivity contribution < 1.29 is 14.1 Å². The molecule has 114 valence electrons. The van der Waals surface area contributed by atoms with Gasteiger partial charge in [-0.2, -0.15) is 4.98 Å². The molecule has 0 spiro atoms. The van der Waals surface area contributed by atoms with Gasteiger partial charge in [-0.1, -0.05) is 19.0 Å². The van der Waals surface area contributed by atoms with Crippen molar-refractivity contribution in [1.82, 2.24) is 15.0 Å². The lowest BCUT2D eigenvalue weighted by atomic mass is 10.0. The van der Waals surface area contributed by atoms with Crippen molar-refractivity contribution in [3.63, 3.8) is 0 Å². The van der Waals surface area contributed by atoms with Gasteiger partial charge >= 0.3 is 0 Å². The molecule has 7 heteroatoms. The van der Waals surface area contributed by atoms with Gasteiger partial charge in [-0.25, -0.2) is 0 Å². The zero-order valence-electron chi connectivity index (χ0n) is 12.8. The average molecular weight is 284 g/mol. The van der Waals surface area contributed by atoms with Crippen LogP contribution in [0.4, 0.5) is 0 Å². The summed E-state index contributed by atoms with van der Waals surface area (Å²) in [7, 11) is 3.24. The number of nitrogens with two attached hydrogens (primary N) is 1. The first-order chi connectivity index (χ1) is 9.35. The third-order valence-electron chi connectivity index (χ3n) is 2.99. The number of methoxy groups -OCH3 is 1. The molecule has 1 unspecified atom stereocenters. The van der Waals surface area contributed by atoms with E-state index in [4.69, 9.17) is 15.0 Å². The van der Waals surface area contributed by atoms with Crippen molar-refractivity contribution in [2.75, 3.05) is 14.2 Å². The summed E-state index contributed by atoms with van der Waals surface area (Å²) >= 11 is 0. The molecule has 1 aromatic rings. The van der Waals surface area contributed by atoms with E-state index in [9.17, 15) is 4.79 Å². The van der Waals surface area contributed by atoms with Gasteiger partial charge in [0.05, 0.1) is 12.6 Å². The zero-order chi connectivity index (χ0) is 15.3. The summed E-state index contributed by atoms with van der Waals surface area (Å²) in [5.74, 6) is 1.09. The fraction of sp³-hybridized carbons (Fsp3) is 0.769. The highest BCUT2D eigenvalue weighted by Gasteiger charge is 2.21. The number of carbonyl (C=O) groups excluding carboxylic acids is 1. The van der Waals surface area contributed by atoms with Gasteiger partial charge in [0.25, 0.3) is 0 Å². The molecule has 0 saturated carbocycles. The molecule has 0 fully saturated rings. The fourth-order valence-corrected chi connectivity index (χ4v) is 1.78. The Morgan fingerprint density at radius 1 is 1.45 bits per heavy atom. The normalized spacial score (nSPS) is 14.3. The summed E-state index contributed by atoms with van der Waals surface area (Å²) in [5, 5.41) is 3.81. The molecule has 1 heterocycles. The summed E-state index contributed by atoms with van der Waals surface area (Å²) in [5.41, 5.74) is 5.87. The highest BCUT2D eigenvalue weighted by atomic mass is 16.5. The molecule has 0 aliphatic heterocycles. The molecular weight excluding hydrogens is 260 g/mol. The van der Waals surface area contributed by atoms with Gasteiger partial charge in [0.2, 0.25) is 11.8 Å². The lowest BCUT2D eigenvalue weighted by Gasteiger charge is -2.20. The summed E-state index contributed by atoms with van der Waals surface area (Å²) in [6, 6.07) is -0.500. The van der Waals surface area contributed by atoms with Gasteiger partial charge in [-0.3, -0.25) is 4.79 Å². The van der Waals surface area contributed by atoms with E-state index in [1.165, 1.54) is 4.90 Å². The quantitative estimate of drug-likeness (QED) is 0.806. The van der Waals surface area contributed by atoms with Crippen molar-refractivity contribution in [3.8, 4) is 0 Å². The van der Waals surface area contributed by atoms with Crippen molar-refractivity contribution >= 4 is 5.91 Å². The maximum atomic E-state index is 12.1. The molecule has 1 aromatic heterocycles. The van der Waals surface area contributed by atoms with E-state index in [1.54, 1.807) is 14.2 Å². The van der Waals surface area contributed by atoms with Crippen molar-refractivity contribution in [2.24, 2.45) is 11.7 Å². The first kappa shape index (κ1) is 16.6. The van der Waals surface area contributed by atoms with E-state index >= 15 is 0 Å². The van der Waals surface area contributed by atoms with E-state index in [-0.39, 0.29) is 18.6 Å². The second kappa shape index (κ2) is 7.35. The molecule has 0 saturated heterocycles. The van der Waals surface area contributed by atoms with Gasteiger partial charge in [0, 0.05) is 14.2 Å². The number of ether oxygens (including phenoxy) is 1. The smallest absolute Gasteiger partial charge is 0.246 e. The third kappa shape index (κ3) is 4.57. The van der Waals surface area contributed by atoms with Crippen LogP contribution in [0.15, 0.2) is 4.52 Å². The monoisotopic (exact) mass is 284 g/mol. The summed E-state index contributed by atoms with van der Waals surface area (Å²) in [6.07, 6.45) is 0.413. The Morgan fingerprint density at radius 2 is 2.10 bits per heavy atom. The first-order valence-electron chi connectivity index (χ1n) is 6.71. The first-order valence-corrected chi connectivity index (χ1v) is 6.71.